The van der Waals surface area contributed by atoms with Crippen molar-refractivity contribution in [3.05, 3.63) is 42.4 Å². The molecule has 0 saturated heterocycles. The number of aryl methyl sites for hydroxylation is 1. The van der Waals surface area contributed by atoms with Crippen LogP contribution in [0.15, 0.2) is 36.8 Å². The van der Waals surface area contributed by atoms with E-state index in [9.17, 15) is 5.11 Å². The lowest BCUT2D eigenvalue weighted by atomic mass is 10.1. The van der Waals surface area contributed by atoms with Crippen molar-refractivity contribution in [3.63, 3.8) is 0 Å². The number of phenolic OH excluding ortho intramolecular Hbond substituents is 1. The van der Waals surface area contributed by atoms with E-state index in [0.29, 0.717) is 5.52 Å². The Morgan fingerprint density at radius 3 is 2.82 bits per heavy atom. The molecule has 84 valence electrons. The number of aromatic amines is 1. The third kappa shape index (κ3) is 1.54. The fourth-order valence-electron chi connectivity index (χ4n) is 1.89. The zero-order valence-electron chi connectivity index (χ0n) is 9.31. The third-order valence-electron chi connectivity index (χ3n) is 2.83. The Morgan fingerprint density at radius 1 is 1.18 bits per heavy atom. The predicted molar refractivity (Wildman–Crippen MR) is 65.7 cm³/mol. The highest BCUT2D eigenvalue weighted by Gasteiger charge is 2.07. The van der Waals surface area contributed by atoms with Gasteiger partial charge in [-0.25, -0.2) is 9.97 Å². The first-order chi connectivity index (χ1) is 8.25. The van der Waals surface area contributed by atoms with E-state index in [1.54, 1.807) is 18.6 Å². The Bertz CT molecular complexity index is 674. The highest BCUT2D eigenvalue weighted by molar-refractivity contribution is 5.88. The van der Waals surface area contributed by atoms with Crippen molar-refractivity contribution in [3.8, 4) is 17.1 Å². The van der Waals surface area contributed by atoms with Crippen molar-refractivity contribution < 1.29 is 5.11 Å². The molecule has 4 nitrogen and oxygen atoms in total. The lowest BCUT2D eigenvalue weighted by Crippen LogP contribution is -1.87. The van der Waals surface area contributed by atoms with Gasteiger partial charge >= 0.3 is 0 Å². The van der Waals surface area contributed by atoms with Gasteiger partial charge < -0.3 is 10.1 Å². The number of pyridine rings is 1. The van der Waals surface area contributed by atoms with Gasteiger partial charge in [-0.2, -0.15) is 0 Å². The summed E-state index contributed by atoms with van der Waals surface area (Å²) in [5.74, 6) is 0.201. The fourth-order valence-corrected chi connectivity index (χ4v) is 1.89. The lowest BCUT2D eigenvalue weighted by Gasteiger charge is -2.05. The number of rotatable bonds is 1. The predicted octanol–water partition coefficient (Wildman–Crippen LogP) is 2.64. The van der Waals surface area contributed by atoms with E-state index in [2.05, 4.69) is 15.0 Å². The largest absolute Gasteiger partial charge is 0.506 e. The minimum Gasteiger partial charge on any atom is -0.506 e. The number of phenols is 1. The van der Waals surface area contributed by atoms with Crippen molar-refractivity contribution in [2.45, 2.75) is 6.92 Å². The van der Waals surface area contributed by atoms with Gasteiger partial charge in [-0.15, -0.1) is 0 Å². The summed E-state index contributed by atoms with van der Waals surface area (Å²) in [5.41, 5.74) is 3.34. The topological polar surface area (TPSA) is 61.8 Å². The zero-order valence-corrected chi connectivity index (χ0v) is 9.31. The molecule has 0 aliphatic heterocycles. The van der Waals surface area contributed by atoms with Gasteiger partial charge in [-0.1, -0.05) is 12.1 Å². The van der Waals surface area contributed by atoms with Crippen molar-refractivity contribution in [2.24, 2.45) is 0 Å². The Labute approximate surface area is 98.0 Å². The maximum Gasteiger partial charge on any atom is 0.141 e. The molecule has 0 unspecified atom stereocenters. The average molecular weight is 225 g/mol. The Morgan fingerprint density at radius 2 is 2.06 bits per heavy atom. The first kappa shape index (κ1) is 9.84. The van der Waals surface area contributed by atoms with Crippen LogP contribution in [-0.2, 0) is 0 Å². The summed E-state index contributed by atoms with van der Waals surface area (Å²) in [6.07, 6.45) is 3.32. The summed E-state index contributed by atoms with van der Waals surface area (Å²) in [4.78, 5) is 11.4. The number of hydrogen-bond donors (Lipinski definition) is 2. The van der Waals surface area contributed by atoms with E-state index < -0.39 is 0 Å². The van der Waals surface area contributed by atoms with Gasteiger partial charge in [0.25, 0.3) is 0 Å². The van der Waals surface area contributed by atoms with Crippen LogP contribution in [0.1, 0.15) is 5.56 Å². The van der Waals surface area contributed by atoms with Crippen molar-refractivity contribution in [1.82, 2.24) is 15.0 Å². The number of nitrogens with zero attached hydrogens (tertiary/aromatic N) is 2. The molecular weight excluding hydrogens is 214 g/mol. The average Bonchev–Trinajstić information content (AvgIpc) is 2.87. The second kappa shape index (κ2) is 3.59. The van der Waals surface area contributed by atoms with Crippen LogP contribution in [0.2, 0.25) is 0 Å². The molecule has 0 bridgehead atoms. The molecule has 0 atom stereocenters. The number of benzene rings is 1. The highest BCUT2D eigenvalue weighted by Crippen LogP contribution is 2.27. The maximum atomic E-state index is 9.83. The summed E-state index contributed by atoms with van der Waals surface area (Å²) < 4.78 is 0. The van der Waals surface area contributed by atoms with E-state index >= 15 is 0 Å². The Kier molecular flexibility index (Phi) is 2.08. The number of hydrogen-bond acceptors (Lipinski definition) is 3. The van der Waals surface area contributed by atoms with Crippen LogP contribution in [0.5, 0.6) is 5.75 Å². The molecule has 0 saturated carbocycles. The van der Waals surface area contributed by atoms with Gasteiger partial charge in [0.05, 0.1) is 23.9 Å². The Balaban J connectivity index is 2.29. The molecule has 2 heterocycles. The first-order valence-electron chi connectivity index (χ1n) is 5.34. The van der Waals surface area contributed by atoms with Crippen LogP contribution < -0.4 is 0 Å². The summed E-state index contributed by atoms with van der Waals surface area (Å²) in [7, 11) is 0. The quantitative estimate of drug-likeness (QED) is 0.669. The number of H-pyrrole nitrogens is 1. The molecule has 1 aromatic carbocycles. The molecule has 2 N–H and O–H groups in total. The minimum absolute atomic E-state index is 0.201. The summed E-state index contributed by atoms with van der Waals surface area (Å²) in [6.45, 7) is 2.00. The van der Waals surface area contributed by atoms with Gasteiger partial charge in [-0.3, -0.25) is 0 Å². The van der Waals surface area contributed by atoms with Gasteiger partial charge in [-0.05, 0) is 24.6 Å². The van der Waals surface area contributed by atoms with Gasteiger partial charge in [0.2, 0.25) is 0 Å². The molecule has 17 heavy (non-hydrogen) atoms. The normalized spacial score (nSPS) is 10.9. The van der Waals surface area contributed by atoms with Crippen LogP contribution in [0, 0.1) is 6.92 Å². The summed E-state index contributed by atoms with van der Waals surface area (Å²) in [5, 5.41) is 10.8. The van der Waals surface area contributed by atoms with Crippen LogP contribution in [0.4, 0.5) is 0 Å². The molecule has 4 heteroatoms. The van der Waals surface area contributed by atoms with E-state index in [-0.39, 0.29) is 5.75 Å². The highest BCUT2D eigenvalue weighted by atomic mass is 16.3. The van der Waals surface area contributed by atoms with Gasteiger partial charge in [0, 0.05) is 5.39 Å². The minimum atomic E-state index is 0.201. The van der Waals surface area contributed by atoms with E-state index in [1.807, 2.05) is 25.1 Å². The van der Waals surface area contributed by atoms with E-state index in [0.717, 1.165) is 22.3 Å². The molecule has 3 aromatic rings. The monoisotopic (exact) mass is 225 g/mol. The summed E-state index contributed by atoms with van der Waals surface area (Å²) >= 11 is 0. The zero-order chi connectivity index (χ0) is 11.8. The van der Waals surface area contributed by atoms with Crippen LogP contribution >= 0.6 is 0 Å². The smallest absolute Gasteiger partial charge is 0.141 e. The van der Waals surface area contributed by atoms with Crippen molar-refractivity contribution >= 4 is 10.9 Å². The third-order valence-corrected chi connectivity index (χ3v) is 2.83. The lowest BCUT2D eigenvalue weighted by molar-refractivity contribution is 0.480. The van der Waals surface area contributed by atoms with Crippen molar-refractivity contribution in [2.75, 3.05) is 0 Å². The molecule has 0 aliphatic carbocycles. The molecule has 0 fully saturated rings. The van der Waals surface area contributed by atoms with Crippen molar-refractivity contribution in [1.29, 1.82) is 0 Å². The maximum absolute atomic E-state index is 9.83. The second-order valence-corrected chi connectivity index (χ2v) is 3.96. The molecule has 0 aliphatic rings. The standard InChI is InChI=1S/C13H11N3O/c1-8-2-5-12(17)13-9(8)3-4-10(16-13)11-6-14-7-15-11/h2-7,17H,1H3,(H,14,15). The molecule has 3 rings (SSSR count). The molecule has 0 amide bonds. The number of imidazole rings is 1. The fraction of sp³-hybridized carbons (Fsp3) is 0.0769. The first-order valence-corrected chi connectivity index (χ1v) is 5.34. The van der Waals surface area contributed by atoms with E-state index in [4.69, 9.17) is 0 Å². The molecular formula is C13H11N3O. The van der Waals surface area contributed by atoms with Crippen LogP contribution in [-0.4, -0.2) is 20.1 Å². The van der Waals surface area contributed by atoms with Gasteiger partial charge in [0.15, 0.2) is 0 Å². The van der Waals surface area contributed by atoms with Crippen LogP contribution in [0.3, 0.4) is 0 Å². The van der Waals surface area contributed by atoms with Gasteiger partial charge in [0.1, 0.15) is 11.3 Å². The molecule has 0 spiro atoms. The van der Waals surface area contributed by atoms with E-state index in [1.165, 1.54) is 0 Å². The number of aromatic hydroxyl groups is 1. The second-order valence-electron chi connectivity index (χ2n) is 3.96. The molecule has 2 aromatic heterocycles. The molecule has 0 radical (unpaired) electrons. The number of nitrogens with one attached hydrogen (secondary N) is 1. The van der Waals surface area contributed by atoms with Crippen LogP contribution in [0.25, 0.3) is 22.3 Å². The Hall–Kier alpha value is -2.36. The summed E-state index contributed by atoms with van der Waals surface area (Å²) in [6, 6.07) is 7.44. The SMILES string of the molecule is Cc1ccc(O)c2nc(-c3cnc[nH]3)ccc12. The number of aromatic nitrogens is 3. The number of fused-ring (bicyclic) bond motifs is 1.